The predicted molar refractivity (Wildman–Crippen MR) is 69.6 cm³/mol. The summed E-state index contributed by atoms with van der Waals surface area (Å²) < 4.78 is 1.65. The minimum absolute atomic E-state index is 0.587. The minimum Gasteiger partial charge on any atom is -0.381 e. The van der Waals surface area contributed by atoms with Crippen molar-refractivity contribution < 1.29 is 0 Å². The van der Waals surface area contributed by atoms with Crippen LogP contribution in [0.2, 0.25) is 0 Å². The zero-order chi connectivity index (χ0) is 12.4. The molecule has 1 unspecified atom stereocenters. The molecule has 1 atom stereocenters. The number of hydrogen-bond donors (Lipinski definition) is 1. The first kappa shape index (κ1) is 11.2. The van der Waals surface area contributed by atoms with E-state index in [9.17, 15) is 0 Å². The monoisotopic (exact) mass is 243 g/mol. The molecule has 2 aromatic heterocycles. The average molecular weight is 243 g/mol. The number of aromatic nitrogens is 4. The fourth-order valence-electron chi connectivity index (χ4n) is 2.20. The van der Waals surface area contributed by atoms with Gasteiger partial charge in [-0.05, 0) is 37.3 Å². The van der Waals surface area contributed by atoms with Gasteiger partial charge in [-0.25, -0.2) is 14.6 Å². The SMILES string of the molecule is CCC(Nc1ccc(-n2cncn2)nc1)C1CC1. The average Bonchev–Trinajstić information content (AvgIpc) is 3.11. The van der Waals surface area contributed by atoms with Crippen molar-refractivity contribution in [1.82, 2.24) is 19.7 Å². The Kier molecular flexibility index (Phi) is 2.96. The van der Waals surface area contributed by atoms with Gasteiger partial charge in [0.1, 0.15) is 12.7 Å². The van der Waals surface area contributed by atoms with E-state index >= 15 is 0 Å². The summed E-state index contributed by atoms with van der Waals surface area (Å²) in [5, 5.41) is 7.61. The summed E-state index contributed by atoms with van der Waals surface area (Å²) >= 11 is 0. The van der Waals surface area contributed by atoms with Crippen LogP contribution in [0.1, 0.15) is 26.2 Å². The van der Waals surface area contributed by atoms with Crippen LogP contribution < -0.4 is 5.32 Å². The highest BCUT2D eigenvalue weighted by Crippen LogP contribution is 2.35. The van der Waals surface area contributed by atoms with Gasteiger partial charge >= 0.3 is 0 Å². The largest absolute Gasteiger partial charge is 0.381 e. The molecule has 2 heterocycles. The number of nitrogens with zero attached hydrogens (tertiary/aromatic N) is 4. The molecular weight excluding hydrogens is 226 g/mol. The Bertz CT molecular complexity index is 487. The van der Waals surface area contributed by atoms with Crippen molar-refractivity contribution >= 4 is 5.69 Å². The molecule has 0 saturated heterocycles. The van der Waals surface area contributed by atoms with Crippen LogP contribution in [0.4, 0.5) is 5.69 Å². The van der Waals surface area contributed by atoms with Crippen molar-refractivity contribution in [1.29, 1.82) is 0 Å². The molecule has 0 radical (unpaired) electrons. The van der Waals surface area contributed by atoms with Gasteiger partial charge in [-0.15, -0.1) is 0 Å². The number of rotatable bonds is 5. The van der Waals surface area contributed by atoms with Crippen molar-refractivity contribution in [2.75, 3.05) is 5.32 Å². The Labute approximate surface area is 106 Å². The van der Waals surface area contributed by atoms with Gasteiger partial charge in [-0.1, -0.05) is 6.92 Å². The second kappa shape index (κ2) is 4.76. The molecule has 1 aliphatic rings. The molecule has 1 aliphatic carbocycles. The van der Waals surface area contributed by atoms with Crippen LogP contribution in [-0.2, 0) is 0 Å². The Morgan fingerprint density at radius 1 is 1.44 bits per heavy atom. The van der Waals surface area contributed by atoms with Crippen molar-refractivity contribution in [3.8, 4) is 5.82 Å². The van der Waals surface area contributed by atoms with Crippen LogP contribution in [0.3, 0.4) is 0 Å². The Balaban J connectivity index is 1.70. The number of hydrogen-bond acceptors (Lipinski definition) is 4. The van der Waals surface area contributed by atoms with Crippen molar-refractivity contribution in [3.05, 3.63) is 31.0 Å². The second-order valence-electron chi connectivity index (χ2n) is 4.74. The molecule has 5 nitrogen and oxygen atoms in total. The van der Waals surface area contributed by atoms with Crippen LogP contribution in [0.25, 0.3) is 5.82 Å². The van der Waals surface area contributed by atoms with Crippen LogP contribution in [-0.4, -0.2) is 25.8 Å². The topological polar surface area (TPSA) is 55.6 Å². The van der Waals surface area contributed by atoms with E-state index in [1.165, 1.54) is 19.2 Å². The summed E-state index contributed by atoms with van der Waals surface area (Å²) in [6.45, 7) is 2.23. The molecule has 0 bridgehead atoms. The molecule has 18 heavy (non-hydrogen) atoms. The summed E-state index contributed by atoms with van der Waals surface area (Å²) in [6, 6.07) is 4.59. The maximum atomic E-state index is 4.39. The zero-order valence-corrected chi connectivity index (χ0v) is 10.5. The van der Waals surface area contributed by atoms with Gasteiger partial charge in [0.2, 0.25) is 0 Å². The van der Waals surface area contributed by atoms with E-state index in [0.29, 0.717) is 6.04 Å². The lowest BCUT2D eigenvalue weighted by atomic mass is 10.1. The zero-order valence-electron chi connectivity index (χ0n) is 10.5. The van der Waals surface area contributed by atoms with Crippen molar-refractivity contribution in [2.45, 2.75) is 32.2 Å². The predicted octanol–water partition coefficient (Wildman–Crippen LogP) is 2.26. The lowest BCUT2D eigenvalue weighted by Crippen LogP contribution is -2.20. The Morgan fingerprint density at radius 2 is 2.33 bits per heavy atom. The second-order valence-corrected chi connectivity index (χ2v) is 4.74. The minimum atomic E-state index is 0.587. The van der Waals surface area contributed by atoms with Crippen molar-refractivity contribution in [2.24, 2.45) is 5.92 Å². The van der Waals surface area contributed by atoms with Gasteiger partial charge in [0.05, 0.1) is 11.9 Å². The number of pyridine rings is 1. The molecule has 94 valence electrons. The van der Waals surface area contributed by atoms with E-state index in [1.807, 2.05) is 12.3 Å². The molecule has 0 spiro atoms. The molecule has 0 amide bonds. The van der Waals surface area contributed by atoms with Crippen LogP contribution in [0.5, 0.6) is 0 Å². The molecule has 3 rings (SSSR count). The normalized spacial score (nSPS) is 16.5. The quantitative estimate of drug-likeness (QED) is 0.875. The highest BCUT2D eigenvalue weighted by Gasteiger charge is 2.29. The molecule has 0 aliphatic heterocycles. The first-order valence-electron chi connectivity index (χ1n) is 6.44. The van der Waals surface area contributed by atoms with E-state index < -0.39 is 0 Å². The van der Waals surface area contributed by atoms with Crippen LogP contribution in [0.15, 0.2) is 31.0 Å². The summed E-state index contributed by atoms with van der Waals surface area (Å²) in [5.41, 5.74) is 1.08. The molecule has 2 aromatic rings. The van der Waals surface area contributed by atoms with E-state index in [0.717, 1.165) is 23.8 Å². The van der Waals surface area contributed by atoms with E-state index in [2.05, 4.69) is 33.4 Å². The number of anilines is 1. The summed E-state index contributed by atoms with van der Waals surface area (Å²) in [5.74, 6) is 1.64. The highest BCUT2D eigenvalue weighted by atomic mass is 15.3. The van der Waals surface area contributed by atoms with Gasteiger partial charge in [0, 0.05) is 6.04 Å². The van der Waals surface area contributed by atoms with Gasteiger partial charge in [-0.2, -0.15) is 5.10 Å². The van der Waals surface area contributed by atoms with E-state index in [1.54, 1.807) is 11.0 Å². The molecule has 1 saturated carbocycles. The smallest absolute Gasteiger partial charge is 0.155 e. The van der Waals surface area contributed by atoms with Gasteiger partial charge < -0.3 is 5.32 Å². The lowest BCUT2D eigenvalue weighted by molar-refractivity contribution is 0.616. The van der Waals surface area contributed by atoms with E-state index in [-0.39, 0.29) is 0 Å². The Hall–Kier alpha value is -1.91. The molecule has 1 fully saturated rings. The maximum Gasteiger partial charge on any atom is 0.155 e. The first-order valence-corrected chi connectivity index (χ1v) is 6.44. The van der Waals surface area contributed by atoms with Crippen LogP contribution in [0, 0.1) is 5.92 Å². The summed E-state index contributed by atoms with van der Waals surface area (Å²) in [7, 11) is 0. The first-order chi connectivity index (χ1) is 8.86. The van der Waals surface area contributed by atoms with Crippen LogP contribution >= 0.6 is 0 Å². The maximum absolute atomic E-state index is 4.39. The third kappa shape index (κ3) is 2.34. The summed E-state index contributed by atoms with van der Waals surface area (Å²) in [6.07, 6.45) is 8.89. The molecule has 5 heteroatoms. The third-order valence-electron chi connectivity index (χ3n) is 3.38. The number of nitrogens with one attached hydrogen (secondary N) is 1. The van der Waals surface area contributed by atoms with Gasteiger partial charge in [0.15, 0.2) is 5.82 Å². The molecule has 1 N–H and O–H groups in total. The highest BCUT2D eigenvalue weighted by molar-refractivity contribution is 5.44. The fraction of sp³-hybridized carbons (Fsp3) is 0.462. The molecular formula is C13H17N5. The lowest BCUT2D eigenvalue weighted by Gasteiger charge is -2.17. The van der Waals surface area contributed by atoms with Gasteiger partial charge in [0.25, 0.3) is 0 Å². The molecule has 0 aromatic carbocycles. The third-order valence-corrected chi connectivity index (χ3v) is 3.38. The summed E-state index contributed by atoms with van der Waals surface area (Å²) in [4.78, 5) is 8.30. The van der Waals surface area contributed by atoms with E-state index in [4.69, 9.17) is 0 Å². The van der Waals surface area contributed by atoms with Gasteiger partial charge in [-0.3, -0.25) is 0 Å². The fourth-order valence-corrected chi connectivity index (χ4v) is 2.20. The Morgan fingerprint density at radius 3 is 2.89 bits per heavy atom. The standard InChI is InChI=1S/C13H17N5/c1-2-12(10-3-4-10)17-11-5-6-13(15-7-11)18-9-14-8-16-18/h5-10,12,17H,2-4H2,1H3. The van der Waals surface area contributed by atoms with Crippen molar-refractivity contribution in [3.63, 3.8) is 0 Å².